The molecule has 0 bridgehead atoms. The summed E-state index contributed by atoms with van der Waals surface area (Å²) in [6.07, 6.45) is 1.54. The number of halogens is 2. The van der Waals surface area contributed by atoms with E-state index in [-0.39, 0.29) is 52.4 Å². The fourth-order valence-electron chi connectivity index (χ4n) is 0.674. The van der Waals surface area contributed by atoms with E-state index in [2.05, 4.69) is 4.98 Å². The first-order chi connectivity index (χ1) is 5.89. The standard InChI is InChI=1S/C5H5NO.C5H5.2ClH.Ti/c7-5-3-1-2-4-6-5;1-2-4-5-3-1;;;/h1-4H,(H,6,7);1-5H;2*1H;/q;-1;;;+3/p-2. The van der Waals surface area contributed by atoms with E-state index in [1.165, 1.54) is 12.3 Å². The number of pyridine rings is 1. The molecule has 1 N–H and O–H groups in total. The van der Waals surface area contributed by atoms with Crippen LogP contribution in [0.25, 0.3) is 0 Å². The molecule has 0 unspecified atom stereocenters. The van der Waals surface area contributed by atoms with Crippen molar-refractivity contribution in [3.05, 3.63) is 54.7 Å². The molecular formula is C10H10Cl2NOTi. The number of hydrogen-bond acceptors (Lipinski definition) is 2. The van der Waals surface area contributed by atoms with Crippen LogP contribution < -0.4 is 24.8 Å². The monoisotopic (exact) mass is 278 g/mol. The number of rotatable bonds is 0. The molecule has 0 saturated heterocycles. The Balaban J connectivity index is -0.000000165. The van der Waals surface area contributed by atoms with E-state index >= 15 is 0 Å². The second-order valence-electron chi connectivity index (χ2n) is 2.15. The predicted octanol–water partition coefficient (Wildman–Crippen LogP) is -3.80. The Morgan fingerprint density at radius 2 is 1.60 bits per heavy atom. The normalized spacial score (nSPS) is 6.67. The maximum atomic E-state index is 8.52. The molecule has 0 saturated carbocycles. The molecule has 2 rings (SSSR count). The van der Waals surface area contributed by atoms with Crippen molar-refractivity contribution in [2.45, 2.75) is 0 Å². The summed E-state index contributed by atoms with van der Waals surface area (Å²) < 4.78 is 0. The Kier molecular flexibility index (Phi) is 18.2. The molecule has 2 nitrogen and oxygen atoms in total. The summed E-state index contributed by atoms with van der Waals surface area (Å²) in [6, 6.07) is 15.0. The van der Waals surface area contributed by atoms with Gasteiger partial charge in [-0.05, 0) is 6.07 Å². The number of nitrogens with zero attached hydrogens (tertiary/aromatic N) is 1. The van der Waals surface area contributed by atoms with Crippen molar-refractivity contribution in [2.24, 2.45) is 0 Å². The van der Waals surface area contributed by atoms with Crippen molar-refractivity contribution >= 4 is 0 Å². The Labute approximate surface area is 117 Å². The third kappa shape index (κ3) is 11.5. The van der Waals surface area contributed by atoms with Gasteiger partial charge in [0.15, 0.2) is 0 Å². The summed E-state index contributed by atoms with van der Waals surface area (Å²) in [5.74, 6) is 0.0718. The summed E-state index contributed by atoms with van der Waals surface area (Å²) in [4.78, 5) is 3.53. The topological polar surface area (TPSA) is 33.1 Å². The molecule has 0 fully saturated rings. The minimum absolute atomic E-state index is 0. The van der Waals surface area contributed by atoms with Gasteiger partial charge in [0.1, 0.15) is 0 Å². The van der Waals surface area contributed by atoms with Gasteiger partial charge in [0.2, 0.25) is 5.88 Å². The minimum atomic E-state index is 0. The molecule has 79 valence electrons. The van der Waals surface area contributed by atoms with Gasteiger partial charge in [0.25, 0.3) is 0 Å². The fourth-order valence-corrected chi connectivity index (χ4v) is 0.674. The van der Waals surface area contributed by atoms with Crippen LogP contribution in [0.1, 0.15) is 0 Å². The van der Waals surface area contributed by atoms with Crippen LogP contribution >= 0.6 is 0 Å². The average molecular weight is 279 g/mol. The summed E-state index contributed by atoms with van der Waals surface area (Å²) in [7, 11) is 0. The molecular weight excluding hydrogens is 269 g/mol. The predicted molar refractivity (Wildman–Crippen MR) is 47.9 cm³/mol. The largest absolute Gasteiger partial charge is 3.00 e. The quantitative estimate of drug-likeness (QED) is 0.396. The van der Waals surface area contributed by atoms with Crippen LogP contribution in [-0.2, 0) is 21.7 Å². The molecule has 0 aliphatic heterocycles. The zero-order chi connectivity index (χ0) is 8.65. The van der Waals surface area contributed by atoms with Crippen LogP contribution in [0.3, 0.4) is 0 Å². The van der Waals surface area contributed by atoms with Crippen molar-refractivity contribution in [1.82, 2.24) is 4.98 Å². The number of hydrogen-bond donors (Lipinski definition) is 1. The zero-order valence-electron chi connectivity index (χ0n) is 7.85. The molecule has 0 aliphatic rings. The van der Waals surface area contributed by atoms with Gasteiger partial charge in [-0.2, -0.15) is 18.2 Å². The van der Waals surface area contributed by atoms with E-state index in [9.17, 15) is 0 Å². The van der Waals surface area contributed by atoms with Crippen LogP contribution in [0.5, 0.6) is 5.88 Å². The van der Waals surface area contributed by atoms with Gasteiger partial charge < -0.3 is 29.9 Å². The molecule has 0 spiro atoms. The smallest absolute Gasteiger partial charge is 1.00 e. The van der Waals surface area contributed by atoms with Gasteiger partial charge >= 0.3 is 21.7 Å². The van der Waals surface area contributed by atoms with Crippen LogP contribution in [0.4, 0.5) is 0 Å². The maximum Gasteiger partial charge on any atom is 3.00 e. The van der Waals surface area contributed by atoms with Crippen LogP contribution in [-0.4, -0.2) is 10.1 Å². The van der Waals surface area contributed by atoms with Crippen molar-refractivity contribution in [1.29, 1.82) is 0 Å². The van der Waals surface area contributed by atoms with Crippen molar-refractivity contribution < 1.29 is 51.6 Å². The molecule has 1 aromatic heterocycles. The summed E-state index contributed by atoms with van der Waals surface area (Å²) in [5.41, 5.74) is 0. The van der Waals surface area contributed by atoms with Gasteiger partial charge in [-0.3, -0.25) is 0 Å². The summed E-state index contributed by atoms with van der Waals surface area (Å²) in [6.45, 7) is 0. The van der Waals surface area contributed by atoms with Gasteiger partial charge in [0, 0.05) is 12.3 Å². The third-order valence-electron chi connectivity index (χ3n) is 1.20. The van der Waals surface area contributed by atoms with E-state index in [1.54, 1.807) is 12.1 Å². The average Bonchev–Trinajstić information content (AvgIpc) is 2.62. The maximum absolute atomic E-state index is 8.52. The van der Waals surface area contributed by atoms with Gasteiger partial charge in [-0.25, -0.2) is 17.1 Å². The van der Waals surface area contributed by atoms with Crippen molar-refractivity contribution in [3.63, 3.8) is 0 Å². The zero-order valence-corrected chi connectivity index (χ0v) is 10.9. The van der Waals surface area contributed by atoms with Crippen LogP contribution in [0, 0.1) is 0 Å². The Bertz CT molecular complexity index is 272. The van der Waals surface area contributed by atoms with E-state index in [4.69, 9.17) is 5.11 Å². The second kappa shape index (κ2) is 13.6. The van der Waals surface area contributed by atoms with Crippen LogP contribution in [0.2, 0.25) is 0 Å². The molecule has 1 heterocycles. The Morgan fingerprint density at radius 3 is 1.80 bits per heavy atom. The summed E-state index contributed by atoms with van der Waals surface area (Å²) >= 11 is 0. The SMILES string of the molecule is Oc1ccccn1.[Cl-].[Cl-].[Ti+3].c1cc[cH-]c1. The van der Waals surface area contributed by atoms with E-state index in [0.717, 1.165) is 0 Å². The molecule has 0 atom stereocenters. The van der Waals surface area contributed by atoms with Gasteiger partial charge in [0.05, 0.1) is 0 Å². The Hall–Kier alpha value is -0.406. The Morgan fingerprint density at radius 1 is 1.00 bits per heavy atom. The van der Waals surface area contributed by atoms with Gasteiger partial charge in [-0.15, -0.1) is 0 Å². The van der Waals surface area contributed by atoms with Crippen molar-refractivity contribution in [2.75, 3.05) is 0 Å². The minimum Gasteiger partial charge on any atom is -1.00 e. The molecule has 15 heavy (non-hydrogen) atoms. The fraction of sp³-hybridized carbons (Fsp3) is 0. The first kappa shape index (κ1) is 20.1. The second-order valence-corrected chi connectivity index (χ2v) is 2.15. The van der Waals surface area contributed by atoms with E-state index < -0.39 is 0 Å². The number of aromatic hydroxyl groups is 1. The third-order valence-corrected chi connectivity index (χ3v) is 1.20. The van der Waals surface area contributed by atoms with E-state index in [1.807, 2.05) is 30.3 Å². The molecule has 1 radical (unpaired) electrons. The molecule has 2 aromatic rings. The van der Waals surface area contributed by atoms with Crippen LogP contribution in [0.15, 0.2) is 54.7 Å². The first-order valence-corrected chi connectivity index (χ1v) is 3.66. The summed E-state index contributed by atoms with van der Waals surface area (Å²) in [5, 5.41) is 8.52. The first-order valence-electron chi connectivity index (χ1n) is 3.66. The molecule has 0 aliphatic carbocycles. The molecule has 5 heteroatoms. The van der Waals surface area contributed by atoms with Gasteiger partial charge in [-0.1, -0.05) is 6.07 Å². The number of aromatic nitrogens is 1. The molecule has 0 amide bonds. The van der Waals surface area contributed by atoms with Crippen molar-refractivity contribution in [3.8, 4) is 5.88 Å². The molecule has 1 aromatic carbocycles. The van der Waals surface area contributed by atoms with E-state index in [0.29, 0.717) is 0 Å².